The van der Waals surface area contributed by atoms with Crippen molar-refractivity contribution in [2.24, 2.45) is 5.73 Å². The van der Waals surface area contributed by atoms with Crippen LogP contribution in [0.25, 0.3) is 0 Å². The highest BCUT2D eigenvalue weighted by Crippen LogP contribution is 1.51. The highest BCUT2D eigenvalue weighted by atomic mass is 14.8. The van der Waals surface area contributed by atoms with Gasteiger partial charge in [0.25, 0.3) is 0 Å². The van der Waals surface area contributed by atoms with Crippen molar-refractivity contribution in [1.29, 1.82) is 0 Å². The van der Waals surface area contributed by atoms with Gasteiger partial charge in [0.1, 0.15) is 0 Å². The van der Waals surface area contributed by atoms with E-state index >= 15 is 0 Å². The molecule has 2 heteroatoms. The number of nitrogens with one attached hydrogen (secondary N) is 1. The Labute approximate surface area is 64.8 Å². The minimum absolute atomic E-state index is 1.40. The van der Waals surface area contributed by atoms with Gasteiger partial charge in [-0.2, -0.15) is 0 Å². The van der Waals surface area contributed by atoms with E-state index in [0.717, 1.165) is 0 Å². The summed E-state index contributed by atoms with van der Waals surface area (Å²) < 4.78 is 0. The van der Waals surface area contributed by atoms with Gasteiger partial charge in [-0.3, -0.25) is 0 Å². The molecule has 0 aliphatic rings. The van der Waals surface area contributed by atoms with Crippen molar-refractivity contribution in [1.82, 2.24) is 5.32 Å². The molecular formula is C8H20N2. The highest BCUT2D eigenvalue weighted by Gasteiger charge is 1.50. The van der Waals surface area contributed by atoms with Crippen LogP contribution >= 0.6 is 0 Å². The van der Waals surface area contributed by atoms with Crippen LogP contribution in [0.1, 0.15) is 27.7 Å². The Balaban J connectivity index is -0.000000105. The summed E-state index contributed by atoms with van der Waals surface area (Å²) in [6.45, 7) is 11.4. The van der Waals surface area contributed by atoms with E-state index in [2.05, 4.69) is 11.9 Å². The van der Waals surface area contributed by atoms with Crippen molar-refractivity contribution >= 4 is 0 Å². The summed E-state index contributed by atoms with van der Waals surface area (Å²) in [5.74, 6) is 0. The summed E-state index contributed by atoms with van der Waals surface area (Å²) >= 11 is 0. The minimum atomic E-state index is 1.40. The van der Waals surface area contributed by atoms with Crippen LogP contribution < -0.4 is 11.1 Å². The van der Waals surface area contributed by atoms with Gasteiger partial charge in [0, 0.05) is 12.4 Å². The van der Waals surface area contributed by atoms with E-state index in [4.69, 9.17) is 5.73 Å². The lowest BCUT2D eigenvalue weighted by atomic mass is 10.9. The van der Waals surface area contributed by atoms with Gasteiger partial charge < -0.3 is 11.1 Å². The van der Waals surface area contributed by atoms with Gasteiger partial charge in [-0.1, -0.05) is 34.3 Å². The lowest BCUT2D eigenvalue weighted by molar-refractivity contribution is 1.19. The molecule has 2 nitrogen and oxygen atoms in total. The SMILES string of the molecule is C=CN/C=C\N.CC.CC. The second kappa shape index (κ2) is 42.7. The Bertz CT molecular complexity index is 58.3. The Morgan fingerprint density at radius 2 is 1.60 bits per heavy atom. The zero-order chi connectivity index (χ0) is 8.83. The third-order valence-electron chi connectivity index (χ3n) is 0.310. The standard InChI is InChI=1S/C4H8N2.2C2H6/c1-2-6-4-3-5;2*1-2/h2-4,6H,1,5H2;2*1-2H3/b4-3-;;. The molecule has 0 rings (SSSR count). The zero-order valence-electron chi connectivity index (χ0n) is 7.52. The maximum atomic E-state index is 4.92. The maximum Gasteiger partial charge on any atom is 0.0161 e. The van der Waals surface area contributed by atoms with Crippen molar-refractivity contribution < 1.29 is 0 Å². The van der Waals surface area contributed by atoms with Crippen LogP contribution in [0, 0.1) is 0 Å². The summed E-state index contributed by atoms with van der Waals surface area (Å²) in [5.41, 5.74) is 4.92. The van der Waals surface area contributed by atoms with E-state index in [1.807, 2.05) is 27.7 Å². The second-order valence-corrected chi connectivity index (χ2v) is 0.730. The van der Waals surface area contributed by atoms with Crippen LogP contribution in [-0.2, 0) is 0 Å². The van der Waals surface area contributed by atoms with Gasteiger partial charge in [0.05, 0.1) is 0 Å². The van der Waals surface area contributed by atoms with Gasteiger partial charge in [-0.05, 0) is 6.20 Å². The highest BCUT2D eigenvalue weighted by molar-refractivity contribution is 4.78. The third kappa shape index (κ3) is 60.5. The molecule has 0 unspecified atom stereocenters. The van der Waals surface area contributed by atoms with Crippen LogP contribution in [0.2, 0.25) is 0 Å². The Hall–Kier alpha value is -0.920. The Morgan fingerprint density at radius 1 is 1.20 bits per heavy atom. The molecule has 10 heavy (non-hydrogen) atoms. The van der Waals surface area contributed by atoms with Crippen molar-refractivity contribution in [3.8, 4) is 0 Å². The number of hydrogen-bond acceptors (Lipinski definition) is 2. The lowest BCUT2D eigenvalue weighted by Crippen LogP contribution is -1.91. The smallest absolute Gasteiger partial charge is 0.0161 e. The van der Waals surface area contributed by atoms with E-state index in [1.165, 1.54) is 6.20 Å². The lowest BCUT2D eigenvalue weighted by Gasteiger charge is -1.79. The first-order valence-corrected chi connectivity index (χ1v) is 3.65. The summed E-state index contributed by atoms with van der Waals surface area (Å²) in [7, 11) is 0. The molecule has 0 radical (unpaired) electrons. The van der Waals surface area contributed by atoms with Crippen LogP contribution in [0.3, 0.4) is 0 Å². The molecular weight excluding hydrogens is 124 g/mol. The predicted octanol–water partition coefficient (Wildman–Crippen LogP) is 2.20. The van der Waals surface area contributed by atoms with E-state index < -0.39 is 0 Å². The average molecular weight is 144 g/mol. The third-order valence-corrected chi connectivity index (χ3v) is 0.310. The molecule has 0 aromatic heterocycles. The fraction of sp³-hybridized carbons (Fsp3) is 0.500. The predicted molar refractivity (Wildman–Crippen MR) is 49.4 cm³/mol. The van der Waals surface area contributed by atoms with Gasteiger partial charge in [0.15, 0.2) is 0 Å². The van der Waals surface area contributed by atoms with Crippen molar-refractivity contribution in [2.45, 2.75) is 27.7 Å². The molecule has 0 fully saturated rings. The largest absolute Gasteiger partial charge is 0.403 e. The second-order valence-electron chi connectivity index (χ2n) is 0.730. The molecule has 0 amide bonds. The molecule has 0 bridgehead atoms. The fourth-order valence-corrected chi connectivity index (χ4v) is 0.124. The normalized spacial score (nSPS) is 6.40. The topological polar surface area (TPSA) is 38.0 Å². The van der Waals surface area contributed by atoms with E-state index in [1.54, 1.807) is 12.4 Å². The molecule has 62 valence electrons. The van der Waals surface area contributed by atoms with Gasteiger partial charge in [0.2, 0.25) is 0 Å². The molecule has 0 aromatic rings. The fourth-order valence-electron chi connectivity index (χ4n) is 0.124. The maximum absolute atomic E-state index is 4.92. The van der Waals surface area contributed by atoms with Crippen molar-refractivity contribution in [3.05, 3.63) is 25.2 Å². The summed E-state index contributed by atoms with van der Waals surface area (Å²) in [4.78, 5) is 0. The Morgan fingerprint density at radius 3 is 1.70 bits per heavy atom. The Kier molecular flexibility index (Phi) is 68.5. The van der Waals surface area contributed by atoms with Gasteiger partial charge in [-0.15, -0.1) is 0 Å². The zero-order valence-corrected chi connectivity index (χ0v) is 7.52. The molecule has 0 saturated carbocycles. The van der Waals surface area contributed by atoms with E-state index in [0.29, 0.717) is 0 Å². The first-order valence-electron chi connectivity index (χ1n) is 3.65. The molecule has 0 aromatic carbocycles. The van der Waals surface area contributed by atoms with Gasteiger partial charge in [-0.25, -0.2) is 0 Å². The van der Waals surface area contributed by atoms with Crippen LogP contribution in [0.5, 0.6) is 0 Å². The number of hydrogen-bond donors (Lipinski definition) is 2. The van der Waals surface area contributed by atoms with Crippen molar-refractivity contribution in [3.63, 3.8) is 0 Å². The van der Waals surface area contributed by atoms with E-state index in [-0.39, 0.29) is 0 Å². The molecule has 3 N–H and O–H groups in total. The first kappa shape index (κ1) is 16.0. The molecule has 0 atom stereocenters. The molecule has 0 aliphatic carbocycles. The summed E-state index contributed by atoms with van der Waals surface area (Å²) in [6, 6.07) is 0. The molecule has 0 heterocycles. The molecule has 0 aliphatic heterocycles. The molecule has 0 spiro atoms. The summed E-state index contributed by atoms with van der Waals surface area (Å²) in [6.07, 6.45) is 4.54. The van der Waals surface area contributed by atoms with Crippen molar-refractivity contribution in [2.75, 3.05) is 0 Å². The summed E-state index contributed by atoms with van der Waals surface area (Å²) in [5, 5.41) is 2.66. The average Bonchev–Trinajstić information content (AvgIpc) is 2.08. The van der Waals surface area contributed by atoms with E-state index in [9.17, 15) is 0 Å². The van der Waals surface area contributed by atoms with Crippen LogP contribution in [0.4, 0.5) is 0 Å². The van der Waals surface area contributed by atoms with Crippen LogP contribution in [-0.4, -0.2) is 0 Å². The molecule has 0 saturated heterocycles. The quantitative estimate of drug-likeness (QED) is 0.623. The van der Waals surface area contributed by atoms with Crippen LogP contribution in [0.15, 0.2) is 25.2 Å². The first-order chi connectivity index (χ1) is 4.91. The minimum Gasteiger partial charge on any atom is -0.403 e. The number of rotatable bonds is 2. The van der Waals surface area contributed by atoms with Gasteiger partial charge >= 0.3 is 0 Å². The monoisotopic (exact) mass is 144 g/mol. The number of nitrogens with two attached hydrogens (primary N) is 1.